The number of hydrogen-bond donors (Lipinski definition) is 2. The average Bonchev–Trinajstić information content (AvgIpc) is 2.91. The molecule has 3 heterocycles. The Hall–Kier alpha value is -3.12. The molecule has 2 aliphatic rings. The molecule has 7 nitrogen and oxygen atoms in total. The summed E-state index contributed by atoms with van der Waals surface area (Å²) in [6.45, 7) is 1.76. The fourth-order valence-corrected chi connectivity index (χ4v) is 5.64. The lowest BCUT2D eigenvalue weighted by Crippen LogP contribution is -2.45. The first-order valence-electron chi connectivity index (χ1n) is 12.7. The van der Waals surface area contributed by atoms with Crippen LogP contribution in [-0.2, 0) is 12.0 Å². The van der Waals surface area contributed by atoms with Gasteiger partial charge in [0.1, 0.15) is 22.4 Å². The van der Waals surface area contributed by atoms with Crippen molar-refractivity contribution in [2.75, 3.05) is 13.1 Å². The summed E-state index contributed by atoms with van der Waals surface area (Å²) in [4.78, 5) is 24.1. The number of halogens is 2. The first-order valence-corrected chi connectivity index (χ1v) is 13.1. The number of aliphatic hydroxyl groups excluding tert-OH is 1. The zero-order valence-corrected chi connectivity index (χ0v) is 21.2. The minimum Gasteiger partial charge on any atom is -0.391 e. The SMILES string of the molecule is N#CC1(c2cc(Cl)ccn2)CCN(Cc2cc(C(=O)N[C@H]3CCCC[C@@H]3O)nc3c(F)cccc23)CC1. The number of nitriles is 1. The highest BCUT2D eigenvalue weighted by Gasteiger charge is 2.38. The van der Waals surface area contributed by atoms with Crippen LogP contribution in [0.3, 0.4) is 0 Å². The number of carbonyl (C=O) groups excluding carboxylic acids is 1. The smallest absolute Gasteiger partial charge is 0.270 e. The Kier molecular flexibility index (Phi) is 7.38. The summed E-state index contributed by atoms with van der Waals surface area (Å²) in [5.41, 5.74) is 1.06. The Morgan fingerprint density at radius 1 is 1.24 bits per heavy atom. The van der Waals surface area contributed by atoms with Gasteiger partial charge in [-0.25, -0.2) is 9.37 Å². The van der Waals surface area contributed by atoms with Crippen molar-refractivity contribution in [2.45, 2.75) is 62.6 Å². The molecule has 1 saturated carbocycles. The third-order valence-corrected chi connectivity index (χ3v) is 7.92. The summed E-state index contributed by atoms with van der Waals surface area (Å²) >= 11 is 6.15. The third-order valence-electron chi connectivity index (χ3n) is 7.68. The summed E-state index contributed by atoms with van der Waals surface area (Å²) in [5, 5.41) is 24.4. The van der Waals surface area contributed by atoms with Crippen LogP contribution in [0.1, 0.15) is 60.3 Å². The number of amides is 1. The number of pyridine rings is 2. The van der Waals surface area contributed by atoms with E-state index in [-0.39, 0.29) is 17.3 Å². The molecule has 192 valence electrons. The monoisotopic (exact) mass is 521 g/mol. The van der Waals surface area contributed by atoms with Gasteiger partial charge in [-0.1, -0.05) is 36.6 Å². The van der Waals surface area contributed by atoms with Crippen LogP contribution in [0.4, 0.5) is 4.39 Å². The fraction of sp³-hybridized carbons (Fsp3) is 0.429. The van der Waals surface area contributed by atoms with Crippen molar-refractivity contribution in [2.24, 2.45) is 0 Å². The van der Waals surface area contributed by atoms with Crippen LogP contribution in [0.2, 0.25) is 5.02 Å². The second kappa shape index (κ2) is 10.7. The van der Waals surface area contributed by atoms with Crippen LogP contribution in [0.15, 0.2) is 42.6 Å². The molecule has 0 spiro atoms. The van der Waals surface area contributed by atoms with Gasteiger partial charge in [-0.05, 0) is 55.5 Å². The van der Waals surface area contributed by atoms with Gasteiger partial charge in [0.25, 0.3) is 5.91 Å². The summed E-state index contributed by atoms with van der Waals surface area (Å²) in [6.07, 6.45) is 5.45. The number of para-hydroxylation sites is 1. The van der Waals surface area contributed by atoms with E-state index in [4.69, 9.17) is 11.6 Å². The lowest BCUT2D eigenvalue weighted by Gasteiger charge is -2.37. The highest BCUT2D eigenvalue weighted by molar-refractivity contribution is 6.30. The van der Waals surface area contributed by atoms with Crippen molar-refractivity contribution in [3.05, 3.63) is 70.4 Å². The predicted octanol–water partition coefficient (Wildman–Crippen LogP) is 4.51. The number of carbonyl (C=O) groups is 1. The van der Waals surface area contributed by atoms with E-state index in [1.807, 2.05) is 6.07 Å². The number of nitrogens with one attached hydrogen (secondary N) is 1. The number of likely N-dealkylation sites (tertiary alicyclic amines) is 1. The van der Waals surface area contributed by atoms with Gasteiger partial charge in [0.05, 0.1) is 23.9 Å². The Balaban J connectivity index is 1.38. The quantitative estimate of drug-likeness (QED) is 0.512. The van der Waals surface area contributed by atoms with E-state index in [2.05, 4.69) is 26.3 Å². The Morgan fingerprint density at radius 3 is 2.76 bits per heavy atom. The van der Waals surface area contributed by atoms with Crippen molar-refractivity contribution in [1.29, 1.82) is 5.26 Å². The van der Waals surface area contributed by atoms with E-state index in [0.717, 1.165) is 18.4 Å². The molecule has 0 bridgehead atoms. The largest absolute Gasteiger partial charge is 0.391 e. The van der Waals surface area contributed by atoms with Crippen LogP contribution >= 0.6 is 11.6 Å². The zero-order chi connectivity index (χ0) is 26.0. The van der Waals surface area contributed by atoms with Crippen LogP contribution in [-0.4, -0.2) is 51.1 Å². The molecule has 1 aliphatic heterocycles. The molecular weight excluding hydrogens is 493 g/mol. The molecule has 0 radical (unpaired) electrons. The van der Waals surface area contributed by atoms with Gasteiger partial charge in [-0.3, -0.25) is 14.7 Å². The molecule has 2 N–H and O–H groups in total. The van der Waals surface area contributed by atoms with Crippen LogP contribution in [0.25, 0.3) is 10.9 Å². The number of aliphatic hydroxyl groups is 1. The van der Waals surface area contributed by atoms with E-state index in [0.29, 0.717) is 61.4 Å². The molecule has 2 fully saturated rings. The highest BCUT2D eigenvalue weighted by atomic mass is 35.5. The highest BCUT2D eigenvalue weighted by Crippen LogP contribution is 2.35. The molecule has 0 unspecified atom stereocenters. The summed E-state index contributed by atoms with van der Waals surface area (Å²) in [6, 6.07) is 12.1. The van der Waals surface area contributed by atoms with Crippen molar-refractivity contribution in [1.82, 2.24) is 20.2 Å². The standard InChI is InChI=1S/C28H29ClFN5O2/c29-19-8-11-32-25(15-19)28(17-31)9-12-35(13-10-28)16-18-14-23(33-26-20(18)4-3-5-21(26)30)27(37)34-22-6-1-2-7-24(22)36/h3-5,8,11,14-15,22,24,36H,1-2,6-7,9-10,12-13,16H2,(H,34,37)/t22-,24-/m0/s1. The normalized spacial score (nSPS) is 21.9. The van der Waals surface area contributed by atoms with Gasteiger partial charge in [0.15, 0.2) is 0 Å². The second-order valence-electron chi connectivity index (χ2n) is 10.1. The number of nitrogens with zero attached hydrogens (tertiary/aromatic N) is 4. The first-order chi connectivity index (χ1) is 17.9. The summed E-state index contributed by atoms with van der Waals surface area (Å²) in [7, 11) is 0. The van der Waals surface area contributed by atoms with Gasteiger partial charge in [-0.15, -0.1) is 0 Å². The summed E-state index contributed by atoms with van der Waals surface area (Å²) < 4.78 is 14.8. The molecule has 1 saturated heterocycles. The van der Waals surface area contributed by atoms with E-state index < -0.39 is 23.2 Å². The van der Waals surface area contributed by atoms with Gasteiger partial charge >= 0.3 is 0 Å². The Bertz CT molecular complexity index is 1350. The van der Waals surface area contributed by atoms with E-state index in [1.165, 1.54) is 6.07 Å². The second-order valence-corrected chi connectivity index (χ2v) is 10.5. The molecule has 9 heteroatoms. The number of fused-ring (bicyclic) bond motifs is 1. The van der Waals surface area contributed by atoms with Gasteiger partial charge in [-0.2, -0.15) is 5.26 Å². The van der Waals surface area contributed by atoms with Crippen molar-refractivity contribution in [3.63, 3.8) is 0 Å². The molecule has 3 aromatic rings. The number of rotatable bonds is 5. The fourth-order valence-electron chi connectivity index (χ4n) is 5.48. The maximum Gasteiger partial charge on any atom is 0.270 e. The Labute approximate surface area is 220 Å². The average molecular weight is 522 g/mol. The molecular formula is C28H29ClFN5O2. The van der Waals surface area contributed by atoms with Crippen molar-refractivity contribution < 1.29 is 14.3 Å². The topological polar surface area (TPSA) is 102 Å². The lowest BCUT2D eigenvalue weighted by molar-refractivity contribution is 0.0714. The zero-order valence-electron chi connectivity index (χ0n) is 20.5. The maximum absolute atomic E-state index is 14.8. The predicted molar refractivity (Wildman–Crippen MR) is 138 cm³/mol. The van der Waals surface area contributed by atoms with Crippen LogP contribution < -0.4 is 5.32 Å². The molecule has 2 atom stereocenters. The minimum atomic E-state index is -0.709. The number of aromatic nitrogens is 2. The lowest BCUT2D eigenvalue weighted by atomic mass is 9.76. The molecule has 1 aliphatic carbocycles. The molecule has 5 rings (SSSR count). The molecule has 1 aromatic carbocycles. The molecule has 1 amide bonds. The van der Waals surface area contributed by atoms with Gasteiger partial charge in [0, 0.05) is 36.2 Å². The third kappa shape index (κ3) is 5.30. The molecule has 2 aromatic heterocycles. The number of piperidine rings is 1. The van der Waals surface area contributed by atoms with Crippen molar-refractivity contribution in [3.8, 4) is 6.07 Å². The first kappa shape index (κ1) is 25.5. The van der Waals surface area contributed by atoms with E-state index in [9.17, 15) is 19.6 Å². The Morgan fingerprint density at radius 2 is 2.03 bits per heavy atom. The number of benzene rings is 1. The minimum absolute atomic E-state index is 0.136. The van der Waals surface area contributed by atoms with Gasteiger partial charge in [0.2, 0.25) is 0 Å². The van der Waals surface area contributed by atoms with Gasteiger partial charge < -0.3 is 10.4 Å². The van der Waals surface area contributed by atoms with Crippen LogP contribution in [0, 0.1) is 17.1 Å². The number of hydrogen-bond acceptors (Lipinski definition) is 6. The van der Waals surface area contributed by atoms with E-state index in [1.54, 1.807) is 30.5 Å². The summed E-state index contributed by atoms with van der Waals surface area (Å²) in [5.74, 6) is -0.896. The molecule has 37 heavy (non-hydrogen) atoms. The van der Waals surface area contributed by atoms with Crippen molar-refractivity contribution >= 4 is 28.4 Å². The maximum atomic E-state index is 14.8. The van der Waals surface area contributed by atoms with E-state index >= 15 is 0 Å². The van der Waals surface area contributed by atoms with Crippen LogP contribution in [0.5, 0.6) is 0 Å².